The number of ether oxygens (including phenoxy) is 1. The van der Waals surface area contributed by atoms with Crippen molar-refractivity contribution in [3.63, 3.8) is 0 Å². The van der Waals surface area contributed by atoms with Crippen LogP contribution >= 0.6 is 11.6 Å². The number of benzene rings is 2. The molecular formula is C30H34ClF2N3O2. The van der Waals surface area contributed by atoms with Crippen molar-refractivity contribution < 1.29 is 18.3 Å². The fraction of sp³-hybridized carbons (Fsp3) is 0.400. The molecule has 0 atom stereocenters. The van der Waals surface area contributed by atoms with Crippen molar-refractivity contribution in [2.75, 3.05) is 27.2 Å². The average molecular weight is 542 g/mol. The molecule has 0 bridgehead atoms. The maximum absolute atomic E-state index is 13.6. The second-order valence-electron chi connectivity index (χ2n) is 10.2. The number of alkyl halides is 2. The third-order valence-corrected chi connectivity index (χ3v) is 7.14. The molecule has 5 nitrogen and oxygen atoms in total. The standard InChI is InChI=1S/C30H34ClF2N3O2/c1-20-7-4-5-8-23(20)24-10-12-26(29(37)34-22-13-15-30(32,33)16-14-22)35-28(24)21-9-11-25(31)27(19-21)38-18-6-17-36(2)3/h4-5,7-12,19,22H,6,13-18H2,1-3H3,(H,34,37). The number of pyridine rings is 1. The molecule has 1 aliphatic rings. The molecular weight excluding hydrogens is 508 g/mol. The molecule has 1 aromatic heterocycles. The molecule has 0 saturated heterocycles. The van der Waals surface area contributed by atoms with Crippen LogP contribution in [0.1, 0.15) is 48.2 Å². The van der Waals surface area contributed by atoms with Gasteiger partial charge in [0.15, 0.2) is 0 Å². The molecule has 0 spiro atoms. The maximum Gasteiger partial charge on any atom is 0.270 e. The van der Waals surface area contributed by atoms with Gasteiger partial charge >= 0.3 is 0 Å². The first kappa shape index (κ1) is 28.0. The first-order chi connectivity index (χ1) is 18.1. The van der Waals surface area contributed by atoms with Gasteiger partial charge in [0.25, 0.3) is 5.91 Å². The Morgan fingerprint density at radius 1 is 1.11 bits per heavy atom. The van der Waals surface area contributed by atoms with E-state index in [9.17, 15) is 13.6 Å². The van der Waals surface area contributed by atoms with Gasteiger partial charge < -0.3 is 15.0 Å². The van der Waals surface area contributed by atoms with E-state index in [0.29, 0.717) is 23.1 Å². The Morgan fingerprint density at radius 2 is 1.84 bits per heavy atom. The van der Waals surface area contributed by atoms with Gasteiger partial charge in [-0.3, -0.25) is 4.79 Å². The highest BCUT2D eigenvalue weighted by molar-refractivity contribution is 6.32. The third kappa shape index (κ3) is 7.08. The van der Waals surface area contributed by atoms with Gasteiger partial charge in [-0.05, 0) is 75.7 Å². The molecule has 0 aliphatic heterocycles. The van der Waals surface area contributed by atoms with Crippen molar-refractivity contribution in [2.24, 2.45) is 0 Å². The van der Waals surface area contributed by atoms with Gasteiger partial charge in [0.1, 0.15) is 11.4 Å². The number of rotatable bonds is 9. The topological polar surface area (TPSA) is 54.5 Å². The highest BCUT2D eigenvalue weighted by Crippen LogP contribution is 2.37. The van der Waals surface area contributed by atoms with E-state index < -0.39 is 5.92 Å². The predicted molar refractivity (Wildman–Crippen MR) is 148 cm³/mol. The van der Waals surface area contributed by atoms with E-state index in [1.165, 1.54) is 0 Å². The molecule has 0 unspecified atom stereocenters. The van der Waals surface area contributed by atoms with E-state index in [-0.39, 0.29) is 43.3 Å². The molecule has 4 rings (SSSR count). The van der Waals surface area contributed by atoms with Crippen LogP contribution in [0.5, 0.6) is 5.75 Å². The normalized spacial score (nSPS) is 15.4. The minimum absolute atomic E-state index is 0.217. The monoisotopic (exact) mass is 541 g/mol. The molecule has 0 radical (unpaired) electrons. The van der Waals surface area contributed by atoms with Gasteiger partial charge in [-0.25, -0.2) is 13.8 Å². The van der Waals surface area contributed by atoms with Gasteiger partial charge in [0, 0.05) is 36.6 Å². The molecule has 2 aromatic carbocycles. The summed E-state index contributed by atoms with van der Waals surface area (Å²) in [4.78, 5) is 20.0. The fourth-order valence-corrected chi connectivity index (χ4v) is 4.84. The van der Waals surface area contributed by atoms with E-state index in [1.807, 2.05) is 63.5 Å². The maximum atomic E-state index is 13.6. The van der Waals surface area contributed by atoms with Crippen LogP contribution < -0.4 is 10.1 Å². The lowest BCUT2D eigenvalue weighted by molar-refractivity contribution is -0.0399. The van der Waals surface area contributed by atoms with E-state index in [0.717, 1.165) is 35.2 Å². The SMILES string of the molecule is Cc1ccccc1-c1ccc(C(=O)NC2CCC(F)(F)CC2)nc1-c1ccc(Cl)c(OCCCN(C)C)c1. The molecule has 38 heavy (non-hydrogen) atoms. The lowest BCUT2D eigenvalue weighted by atomic mass is 9.92. The number of carbonyl (C=O) groups is 1. The largest absolute Gasteiger partial charge is 0.492 e. The Labute approximate surface area is 228 Å². The van der Waals surface area contributed by atoms with Gasteiger partial charge in [0.2, 0.25) is 5.92 Å². The first-order valence-electron chi connectivity index (χ1n) is 13.0. The Balaban J connectivity index is 1.65. The van der Waals surface area contributed by atoms with E-state index in [2.05, 4.69) is 10.2 Å². The summed E-state index contributed by atoms with van der Waals surface area (Å²) in [5, 5.41) is 3.40. The van der Waals surface area contributed by atoms with Gasteiger partial charge in [-0.1, -0.05) is 41.9 Å². The van der Waals surface area contributed by atoms with Gasteiger partial charge in [0.05, 0.1) is 17.3 Å². The highest BCUT2D eigenvalue weighted by atomic mass is 35.5. The number of amides is 1. The Morgan fingerprint density at radius 3 is 2.55 bits per heavy atom. The lowest BCUT2D eigenvalue weighted by Crippen LogP contribution is -2.40. The van der Waals surface area contributed by atoms with Crippen LogP contribution in [0.4, 0.5) is 8.78 Å². The van der Waals surface area contributed by atoms with Crippen LogP contribution in [-0.4, -0.2) is 55.0 Å². The van der Waals surface area contributed by atoms with E-state index in [4.69, 9.17) is 21.3 Å². The first-order valence-corrected chi connectivity index (χ1v) is 13.3. The minimum Gasteiger partial charge on any atom is -0.492 e. The van der Waals surface area contributed by atoms with Crippen molar-refractivity contribution in [1.82, 2.24) is 15.2 Å². The second kappa shape index (κ2) is 12.2. The molecule has 1 aliphatic carbocycles. The van der Waals surface area contributed by atoms with Gasteiger partial charge in [-0.2, -0.15) is 0 Å². The zero-order valence-electron chi connectivity index (χ0n) is 22.1. The second-order valence-corrected chi connectivity index (χ2v) is 10.6. The summed E-state index contributed by atoms with van der Waals surface area (Å²) in [5.41, 5.74) is 4.57. The zero-order chi connectivity index (χ0) is 27.3. The van der Waals surface area contributed by atoms with Crippen LogP contribution in [0.2, 0.25) is 5.02 Å². The number of aromatic nitrogens is 1. The zero-order valence-corrected chi connectivity index (χ0v) is 22.8. The van der Waals surface area contributed by atoms with Crippen LogP contribution in [0.15, 0.2) is 54.6 Å². The smallest absolute Gasteiger partial charge is 0.270 e. The number of nitrogens with one attached hydrogen (secondary N) is 1. The van der Waals surface area contributed by atoms with Crippen LogP contribution in [0, 0.1) is 6.92 Å². The number of carbonyl (C=O) groups excluding carboxylic acids is 1. The molecule has 1 heterocycles. The number of nitrogens with zero attached hydrogens (tertiary/aromatic N) is 2. The van der Waals surface area contributed by atoms with Crippen LogP contribution in [0.25, 0.3) is 22.4 Å². The Hall–Kier alpha value is -3.03. The predicted octanol–water partition coefficient (Wildman–Crippen LogP) is 7.02. The number of aryl methyl sites for hydroxylation is 1. The molecule has 1 amide bonds. The summed E-state index contributed by atoms with van der Waals surface area (Å²) >= 11 is 6.44. The number of hydrogen-bond acceptors (Lipinski definition) is 4. The minimum atomic E-state index is -2.65. The van der Waals surface area contributed by atoms with Crippen molar-refractivity contribution in [1.29, 1.82) is 0 Å². The quantitative estimate of drug-likeness (QED) is 0.296. The Bertz CT molecular complexity index is 1270. The molecule has 1 fully saturated rings. The summed E-state index contributed by atoms with van der Waals surface area (Å²) in [7, 11) is 4.03. The van der Waals surface area contributed by atoms with Crippen LogP contribution in [0.3, 0.4) is 0 Å². The third-order valence-electron chi connectivity index (χ3n) is 6.83. The summed E-state index contributed by atoms with van der Waals surface area (Å²) in [5.74, 6) is -2.46. The fourth-order valence-electron chi connectivity index (χ4n) is 4.67. The number of hydrogen-bond donors (Lipinski definition) is 1. The molecule has 3 aromatic rings. The molecule has 1 N–H and O–H groups in total. The molecule has 202 valence electrons. The Kier molecular flexibility index (Phi) is 9.00. The van der Waals surface area contributed by atoms with Gasteiger partial charge in [-0.15, -0.1) is 0 Å². The summed E-state index contributed by atoms with van der Waals surface area (Å²) in [6, 6.07) is 16.8. The average Bonchev–Trinajstić information content (AvgIpc) is 2.88. The van der Waals surface area contributed by atoms with E-state index in [1.54, 1.807) is 12.1 Å². The van der Waals surface area contributed by atoms with Crippen molar-refractivity contribution in [2.45, 2.75) is 51.0 Å². The summed E-state index contributed by atoms with van der Waals surface area (Å²) in [6.07, 6.45) is 0.913. The van der Waals surface area contributed by atoms with Crippen LogP contribution in [-0.2, 0) is 0 Å². The summed E-state index contributed by atoms with van der Waals surface area (Å²) < 4.78 is 33.1. The van der Waals surface area contributed by atoms with E-state index >= 15 is 0 Å². The van der Waals surface area contributed by atoms with Crippen molar-refractivity contribution in [3.8, 4) is 28.1 Å². The summed E-state index contributed by atoms with van der Waals surface area (Å²) in [6.45, 7) is 3.44. The lowest BCUT2D eigenvalue weighted by Gasteiger charge is -2.28. The molecule has 1 saturated carbocycles. The van der Waals surface area contributed by atoms with Crippen molar-refractivity contribution >= 4 is 17.5 Å². The number of halogens is 3. The highest BCUT2D eigenvalue weighted by Gasteiger charge is 2.35. The van der Waals surface area contributed by atoms with Crippen molar-refractivity contribution in [3.05, 3.63) is 70.9 Å². The molecule has 8 heteroatoms.